The number of halogens is 4. The van der Waals surface area contributed by atoms with Gasteiger partial charge in [-0.2, -0.15) is 0 Å². The van der Waals surface area contributed by atoms with Crippen LogP contribution in [0, 0.1) is 5.82 Å². The van der Waals surface area contributed by atoms with Crippen molar-refractivity contribution in [2.45, 2.75) is 32.2 Å². The number of nitrogens with one attached hydrogen (secondary N) is 1. The first-order chi connectivity index (χ1) is 8.04. The first kappa shape index (κ1) is 14.3. The average molecular weight is 266 g/mol. The fourth-order valence-corrected chi connectivity index (χ4v) is 1.70. The zero-order valence-corrected chi connectivity index (χ0v) is 10.3. The highest BCUT2D eigenvalue weighted by Crippen LogP contribution is 2.18. The van der Waals surface area contributed by atoms with E-state index in [1.54, 1.807) is 0 Å². The standard InChI is InChI=1S/C12H15ClF3N/c1-2-5-17-11(12(15)16)7-8-3-4-10(14)9(13)6-8/h3-4,6,11-12,17H,2,5,7H2,1H3. The Balaban J connectivity index is 2.68. The largest absolute Gasteiger partial charge is 0.309 e. The first-order valence-corrected chi connectivity index (χ1v) is 5.87. The Kier molecular flexibility index (Phi) is 5.78. The van der Waals surface area contributed by atoms with Gasteiger partial charge in [0, 0.05) is 0 Å². The lowest BCUT2D eigenvalue weighted by molar-refractivity contribution is 0.0983. The van der Waals surface area contributed by atoms with Crippen molar-refractivity contribution in [3.63, 3.8) is 0 Å². The van der Waals surface area contributed by atoms with Crippen molar-refractivity contribution >= 4 is 11.6 Å². The van der Waals surface area contributed by atoms with E-state index < -0.39 is 18.3 Å². The van der Waals surface area contributed by atoms with Gasteiger partial charge >= 0.3 is 0 Å². The maximum Gasteiger partial charge on any atom is 0.254 e. The Morgan fingerprint density at radius 1 is 1.35 bits per heavy atom. The molecule has 1 nitrogen and oxygen atoms in total. The van der Waals surface area contributed by atoms with Crippen molar-refractivity contribution < 1.29 is 13.2 Å². The van der Waals surface area contributed by atoms with E-state index in [9.17, 15) is 13.2 Å². The Bertz CT molecular complexity index is 358. The molecule has 1 unspecified atom stereocenters. The maximum atomic E-state index is 12.9. The molecule has 5 heteroatoms. The van der Waals surface area contributed by atoms with E-state index in [-0.39, 0.29) is 11.4 Å². The molecule has 0 saturated carbocycles. The van der Waals surface area contributed by atoms with E-state index in [1.165, 1.54) is 18.2 Å². The molecule has 0 saturated heterocycles. The molecule has 1 atom stereocenters. The summed E-state index contributed by atoms with van der Waals surface area (Å²) in [6.07, 6.45) is -1.53. The third kappa shape index (κ3) is 4.56. The molecule has 0 bridgehead atoms. The fraction of sp³-hybridized carbons (Fsp3) is 0.500. The van der Waals surface area contributed by atoms with Gasteiger partial charge in [0.15, 0.2) is 0 Å². The highest BCUT2D eigenvalue weighted by Gasteiger charge is 2.20. The average Bonchev–Trinajstić information content (AvgIpc) is 2.28. The first-order valence-electron chi connectivity index (χ1n) is 5.50. The number of benzene rings is 1. The van der Waals surface area contributed by atoms with Crippen LogP contribution in [0.2, 0.25) is 5.02 Å². The van der Waals surface area contributed by atoms with Crippen LogP contribution in [0.1, 0.15) is 18.9 Å². The van der Waals surface area contributed by atoms with Gasteiger partial charge < -0.3 is 5.32 Å². The van der Waals surface area contributed by atoms with Crippen LogP contribution in [0.3, 0.4) is 0 Å². The monoisotopic (exact) mass is 265 g/mol. The van der Waals surface area contributed by atoms with E-state index >= 15 is 0 Å². The molecule has 0 amide bonds. The molecule has 0 aromatic heterocycles. The van der Waals surface area contributed by atoms with Gasteiger partial charge in [0.05, 0.1) is 11.1 Å². The van der Waals surface area contributed by atoms with Crippen molar-refractivity contribution in [1.29, 1.82) is 0 Å². The second-order valence-corrected chi connectivity index (χ2v) is 4.25. The molecule has 0 aliphatic rings. The molecule has 0 radical (unpaired) electrons. The minimum absolute atomic E-state index is 0.0361. The van der Waals surface area contributed by atoms with Crippen molar-refractivity contribution in [3.8, 4) is 0 Å². The normalized spacial score (nSPS) is 13.1. The van der Waals surface area contributed by atoms with Crippen LogP contribution in [0.5, 0.6) is 0 Å². The predicted octanol–water partition coefficient (Wildman–Crippen LogP) is 3.65. The molecule has 0 fully saturated rings. The molecule has 0 aliphatic heterocycles. The summed E-state index contributed by atoms with van der Waals surface area (Å²) in [7, 11) is 0. The molecule has 1 aromatic rings. The third-order valence-electron chi connectivity index (χ3n) is 2.40. The van der Waals surface area contributed by atoms with Crippen molar-refractivity contribution in [3.05, 3.63) is 34.6 Å². The summed E-state index contributed by atoms with van der Waals surface area (Å²) in [5, 5.41) is 2.73. The van der Waals surface area contributed by atoms with Crippen LogP contribution < -0.4 is 5.32 Å². The molecule has 96 valence electrons. The molecule has 1 aromatic carbocycles. The smallest absolute Gasteiger partial charge is 0.254 e. The summed E-state index contributed by atoms with van der Waals surface area (Å²) in [6, 6.07) is 3.14. The van der Waals surface area contributed by atoms with E-state index in [4.69, 9.17) is 11.6 Å². The lowest BCUT2D eigenvalue weighted by atomic mass is 10.1. The summed E-state index contributed by atoms with van der Waals surface area (Å²) in [4.78, 5) is 0. The molecular weight excluding hydrogens is 251 g/mol. The van der Waals surface area contributed by atoms with Gasteiger partial charge in [-0.1, -0.05) is 24.6 Å². The molecule has 1 N–H and O–H groups in total. The number of alkyl halides is 2. The van der Waals surface area contributed by atoms with Crippen LogP contribution in [-0.4, -0.2) is 19.0 Å². The molecular formula is C12H15ClF3N. The number of hydrogen-bond acceptors (Lipinski definition) is 1. The minimum atomic E-state index is -2.45. The van der Waals surface area contributed by atoms with Crippen LogP contribution in [0.4, 0.5) is 13.2 Å². The van der Waals surface area contributed by atoms with Gasteiger partial charge in [0.1, 0.15) is 5.82 Å². The van der Waals surface area contributed by atoms with Crippen LogP contribution in [0.15, 0.2) is 18.2 Å². The van der Waals surface area contributed by atoms with Gasteiger partial charge in [-0.25, -0.2) is 13.2 Å². The summed E-state index contributed by atoms with van der Waals surface area (Å²) < 4.78 is 38.3. The lowest BCUT2D eigenvalue weighted by Crippen LogP contribution is -2.37. The maximum absolute atomic E-state index is 12.9. The van der Waals surface area contributed by atoms with Gasteiger partial charge in [-0.3, -0.25) is 0 Å². The lowest BCUT2D eigenvalue weighted by Gasteiger charge is -2.17. The minimum Gasteiger partial charge on any atom is -0.309 e. The van der Waals surface area contributed by atoms with Crippen molar-refractivity contribution in [2.75, 3.05) is 6.54 Å². The van der Waals surface area contributed by atoms with Crippen molar-refractivity contribution in [1.82, 2.24) is 5.32 Å². The fourth-order valence-electron chi connectivity index (χ4n) is 1.50. The Labute approximate surface area is 104 Å². The van der Waals surface area contributed by atoms with E-state index in [0.717, 1.165) is 6.42 Å². The molecule has 1 rings (SSSR count). The third-order valence-corrected chi connectivity index (χ3v) is 2.69. The zero-order chi connectivity index (χ0) is 12.8. The van der Waals surface area contributed by atoms with Gasteiger partial charge in [0.2, 0.25) is 0 Å². The summed E-state index contributed by atoms with van der Waals surface area (Å²) in [5.74, 6) is -0.537. The molecule has 0 heterocycles. The van der Waals surface area contributed by atoms with Crippen LogP contribution >= 0.6 is 11.6 Å². The van der Waals surface area contributed by atoms with E-state index in [0.29, 0.717) is 12.1 Å². The Morgan fingerprint density at radius 2 is 2.06 bits per heavy atom. The quantitative estimate of drug-likeness (QED) is 0.828. The Hall–Kier alpha value is -0.740. The topological polar surface area (TPSA) is 12.0 Å². The molecule has 17 heavy (non-hydrogen) atoms. The second kappa shape index (κ2) is 6.87. The SMILES string of the molecule is CCCNC(Cc1ccc(F)c(Cl)c1)C(F)F. The Morgan fingerprint density at radius 3 is 2.59 bits per heavy atom. The van der Waals surface area contributed by atoms with E-state index in [2.05, 4.69) is 5.32 Å². The van der Waals surface area contributed by atoms with Crippen LogP contribution in [0.25, 0.3) is 0 Å². The van der Waals surface area contributed by atoms with Crippen molar-refractivity contribution in [2.24, 2.45) is 0 Å². The van der Waals surface area contributed by atoms with Crippen LogP contribution in [-0.2, 0) is 6.42 Å². The zero-order valence-electron chi connectivity index (χ0n) is 9.52. The van der Waals surface area contributed by atoms with Gasteiger partial charge in [0.25, 0.3) is 6.43 Å². The van der Waals surface area contributed by atoms with E-state index in [1.807, 2.05) is 6.92 Å². The number of rotatable bonds is 6. The summed E-state index contributed by atoms with van der Waals surface area (Å²) >= 11 is 5.60. The van der Waals surface area contributed by atoms with Gasteiger partial charge in [-0.05, 0) is 37.1 Å². The highest BCUT2D eigenvalue weighted by atomic mass is 35.5. The van der Waals surface area contributed by atoms with Gasteiger partial charge in [-0.15, -0.1) is 0 Å². The summed E-state index contributed by atoms with van der Waals surface area (Å²) in [5.41, 5.74) is 0.602. The highest BCUT2D eigenvalue weighted by molar-refractivity contribution is 6.30. The second-order valence-electron chi connectivity index (χ2n) is 3.85. The summed E-state index contributed by atoms with van der Waals surface area (Å²) in [6.45, 7) is 2.44. The number of hydrogen-bond donors (Lipinski definition) is 1. The molecule has 0 spiro atoms. The molecule has 0 aliphatic carbocycles. The predicted molar refractivity (Wildman–Crippen MR) is 63.2 cm³/mol.